The third-order valence-electron chi connectivity index (χ3n) is 2.95. The lowest BCUT2D eigenvalue weighted by atomic mass is 10.2. The van der Waals surface area contributed by atoms with Crippen molar-refractivity contribution in [2.45, 2.75) is 6.92 Å². The van der Waals surface area contributed by atoms with Gasteiger partial charge in [0, 0.05) is 15.1 Å². The summed E-state index contributed by atoms with van der Waals surface area (Å²) >= 11 is 15.0. The van der Waals surface area contributed by atoms with Gasteiger partial charge in [-0.05, 0) is 42.8 Å². The van der Waals surface area contributed by atoms with Gasteiger partial charge >= 0.3 is 0 Å². The van der Waals surface area contributed by atoms with Gasteiger partial charge in [0.15, 0.2) is 6.61 Å². The standard InChI is InChI=1S/C16H13BrCl2N2O3/c1-9-4-12(2-3-13(9)18)24-8-15(22)21-20-7-10-5-11(17)6-14(19)16(10)23/h2-7,23H,8H2,1H3,(H,21,22)/b20-7-. The molecule has 5 nitrogen and oxygen atoms in total. The molecule has 126 valence electrons. The van der Waals surface area contributed by atoms with E-state index in [2.05, 4.69) is 26.5 Å². The molecule has 0 aliphatic heterocycles. The van der Waals surface area contributed by atoms with E-state index in [9.17, 15) is 9.90 Å². The number of phenols is 1. The summed E-state index contributed by atoms with van der Waals surface area (Å²) in [6.45, 7) is 1.64. The van der Waals surface area contributed by atoms with Crippen molar-refractivity contribution < 1.29 is 14.6 Å². The number of phenolic OH excluding ortho intramolecular Hbond substituents is 1. The number of nitrogens with one attached hydrogen (secondary N) is 1. The van der Waals surface area contributed by atoms with Crippen LogP contribution in [0, 0.1) is 6.92 Å². The van der Waals surface area contributed by atoms with Crippen LogP contribution < -0.4 is 10.2 Å². The normalized spacial score (nSPS) is 10.8. The van der Waals surface area contributed by atoms with Crippen molar-refractivity contribution in [3.05, 3.63) is 56.0 Å². The Balaban J connectivity index is 1.90. The second-order valence-corrected chi connectivity index (χ2v) is 6.55. The maximum atomic E-state index is 11.7. The van der Waals surface area contributed by atoms with E-state index in [0.29, 0.717) is 20.8 Å². The summed E-state index contributed by atoms with van der Waals surface area (Å²) in [5, 5.41) is 14.4. The molecular weight excluding hydrogens is 419 g/mol. The summed E-state index contributed by atoms with van der Waals surface area (Å²) in [4.78, 5) is 11.7. The third-order valence-corrected chi connectivity index (χ3v) is 4.12. The van der Waals surface area contributed by atoms with E-state index in [1.807, 2.05) is 6.92 Å². The van der Waals surface area contributed by atoms with Gasteiger partial charge in [-0.15, -0.1) is 0 Å². The van der Waals surface area contributed by atoms with Crippen molar-refractivity contribution in [3.8, 4) is 11.5 Å². The molecule has 0 spiro atoms. The van der Waals surface area contributed by atoms with Crippen molar-refractivity contribution in [2.24, 2.45) is 5.10 Å². The number of halogens is 3. The van der Waals surface area contributed by atoms with Crippen molar-refractivity contribution in [1.29, 1.82) is 0 Å². The molecule has 0 unspecified atom stereocenters. The predicted molar refractivity (Wildman–Crippen MR) is 98.2 cm³/mol. The van der Waals surface area contributed by atoms with Gasteiger partial charge in [0.1, 0.15) is 11.5 Å². The Bertz CT molecular complexity index is 797. The lowest BCUT2D eigenvalue weighted by Crippen LogP contribution is -2.24. The summed E-state index contributed by atoms with van der Waals surface area (Å²) in [6, 6.07) is 8.27. The van der Waals surface area contributed by atoms with Crippen LogP contribution in [0.25, 0.3) is 0 Å². The number of aryl methyl sites for hydroxylation is 1. The third kappa shape index (κ3) is 5.12. The number of hydrazone groups is 1. The van der Waals surface area contributed by atoms with Gasteiger partial charge < -0.3 is 9.84 Å². The average Bonchev–Trinajstić information content (AvgIpc) is 2.53. The van der Waals surface area contributed by atoms with Gasteiger partial charge in [0.05, 0.1) is 11.2 Å². The molecule has 0 radical (unpaired) electrons. The zero-order valence-electron chi connectivity index (χ0n) is 12.5. The molecule has 2 rings (SSSR count). The Morgan fingerprint density at radius 1 is 1.33 bits per heavy atom. The van der Waals surface area contributed by atoms with Crippen LogP contribution >= 0.6 is 39.1 Å². The zero-order valence-corrected chi connectivity index (χ0v) is 15.6. The molecule has 8 heteroatoms. The number of nitrogens with zero attached hydrogens (tertiary/aromatic N) is 1. The minimum atomic E-state index is -0.445. The molecule has 0 heterocycles. The van der Waals surface area contributed by atoms with Gasteiger partial charge in [0.2, 0.25) is 0 Å². The number of amides is 1. The highest BCUT2D eigenvalue weighted by atomic mass is 79.9. The first-order valence-electron chi connectivity index (χ1n) is 6.75. The van der Waals surface area contributed by atoms with E-state index < -0.39 is 5.91 Å². The number of hydrogen-bond donors (Lipinski definition) is 2. The molecule has 0 bridgehead atoms. The number of rotatable bonds is 5. The minimum Gasteiger partial charge on any atom is -0.506 e. The summed E-state index contributed by atoms with van der Waals surface area (Å²) in [5.74, 6) is -0.0300. The number of carbonyl (C=O) groups is 1. The first-order valence-corrected chi connectivity index (χ1v) is 8.30. The molecule has 2 aromatic rings. The van der Waals surface area contributed by atoms with E-state index in [-0.39, 0.29) is 17.4 Å². The fourth-order valence-electron chi connectivity index (χ4n) is 1.75. The molecule has 0 aliphatic rings. The smallest absolute Gasteiger partial charge is 0.277 e. The van der Waals surface area contributed by atoms with Gasteiger partial charge in [-0.3, -0.25) is 4.79 Å². The highest BCUT2D eigenvalue weighted by Crippen LogP contribution is 2.30. The van der Waals surface area contributed by atoms with E-state index in [1.54, 1.807) is 30.3 Å². The quantitative estimate of drug-likeness (QED) is 0.547. The molecule has 24 heavy (non-hydrogen) atoms. The molecule has 0 aliphatic carbocycles. The second-order valence-electron chi connectivity index (χ2n) is 4.82. The Kier molecular flexibility index (Phi) is 6.48. The highest BCUT2D eigenvalue weighted by Gasteiger charge is 2.06. The average molecular weight is 432 g/mol. The molecule has 1 amide bonds. The Hall–Kier alpha value is -1.76. The van der Waals surface area contributed by atoms with Crippen LogP contribution in [0.5, 0.6) is 11.5 Å². The Morgan fingerprint density at radius 3 is 2.79 bits per heavy atom. The molecule has 0 saturated carbocycles. The largest absolute Gasteiger partial charge is 0.506 e. The SMILES string of the molecule is Cc1cc(OCC(=O)N/N=C\c2cc(Br)cc(Cl)c2O)ccc1Cl. The molecular formula is C16H13BrCl2N2O3. The summed E-state index contributed by atoms with van der Waals surface area (Å²) in [7, 11) is 0. The fraction of sp³-hybridized carbons (Fsp3) is 0.125. The Morgan fingerprint density at radius 2 is 2.08 bits per heavy atom. The lowest BCUT2D eigenvalue weighted by Gasteiger charge is -2.07. The molecule has 2 aromatic carbocycles. The first kappa shape index (κ1) is 18.6. The minimum absolute atomic E-state index is 0.120. The van der Waals surface area contributed by atoms with E-state index in [1.165, 1.54) is 6.21 Å². The maximum absolute atomic E-state index is 11.7. The topological polar surface area (TPSA) is 70.9 Å². The number of ether oxygens (including phenoxy) is 1. The second kappa shape index (κ2) is 8.37. The summed E-state index contributed by atoms with van der Waals surface area (Å²) in [6.07, 6.45) is 1.29. The fourth-order valence-corrected chi connectivity index (χ4v) is 2.70. The molecule has 0 atom stereocenters. The predicted octanol–water partition coefficient (Wildman–Crippen LogP) is 4.30. The first-order chi connectivity index (χ1) is 11.4. The number of carbonyl (C=O) groups excluding carboxylic acids is 1. The van der Waals surface area contributed by atoms with Crippen LogP contribution in [-0.4, -0.2) is 23.8 Å². The van der Waals surface area contributed by atoms with E-state index in [4.69, 9.17) is 27.9 Å². The number of aromatic hydroxyl groups is 1. The van der Waals surface area contributed by atoms with Crippen LogP contribution in [-0.2, 0) is 4.79 Å². The van der Waals surface area contributed by atoms with Gasteiger partial charge in [-0.2, -0.15) is 5.10 Å². The van der Waals surface area contributed by atoms with Crippen molar-refractivity contribution >= 4 is 51.3 Å². The Labute approximate surface area is 157 Å². The molecule has 0 saturated heterocycles. The van der Waals surface area contributed by atoms with Crippen LogP contribution in [0.2, 0.25) is 10.0 Å². The monoisotopic (exact) mass is 430 g/mol. The van der Waals surface area contributed by atoms with Crippen molar-refractivity contribution in [2.75, 3.05) is 6.61 Å². The zero-order chi connectivity index (χ0) is 17.7. The lowest BCUT2D eigenvalue weighted by molar-refractivity contribution is -0.123. The van der Waals surface area contributed by atoms with Crippen LogP contribution in [0.15, 0.2) is 39.9 Å². The van der Waals surface area contributed by atoms with E-state index in [0.717, 1.165) is 5.56 Å². The number of hydrogen-bond acceptors (Lipinski definition) is 4. The highest BCUT2D eigenvalue weighted by molar-refractivity contribution is 9.10. The summed E-state index contributed by atoms with van der Waals surface area (Å²) < 4.78 is 6.03. The van der Waals surface area contributed by atoms with Crippen LogP contribution in [0.3, 0.4) is 0 Å². The molecule has 0 aromatic heterocycles. The number of benzene rings is 2. The maximum Gasteiger partial charge on any atom is 0.277 e. The van der Waals surface area contributed by atoms with Crippen LogP contribution in [0.4, 0.5) is 0 Å². The van der Waals surface area contributed by atoms with Crippen molar-refractivity contribution in [3.63, 3.8) is 0 Å². The summed E-state index contributed by atoms with van der Waals surface area (Å²) in [5.41, 5.74) is 3.52. The van der Waals surface area contributed by atoms with Crippen LogP contribution in [0.1, 0.15) is 11.1 Å². The van der Waals surface area contributed by atoms with E-state index >= 15 is 0 Å². The molecule has 0 fully saturated rings. The van der Waals surface area contributed by atoms with Gasteiger partial charge in [-0.25, -0.2) is 5.43 Å². The van der Waals surface area contributed by atoms with Gasteiger partial charge in [0.25, 0.3) is 5.91 Å². The molecule has 2 N–H and O–H groups in total. The van der Waals surface area contributed by atoms with Crippen molar-refractivity contribution in [1.82, 2.24) is 5.43 Å². The van der Waals surface area contributed by atoms with Gasteiger partial charge in [-0.1, -0.05) is 39.1 Å².